The Kier molecular flexibility index (Phi) is 4.87. The second-order valence-electron chi connectivity index (χ2n) is 5.72. The first kappa shape index (κ1) is 13.7. The van der Waals surface area contributed by atoms with Gasteiger partial charge in [0, 0.05) is 6.42 Å². The number of furan rings is 1. The minimum absolute atomic E-state index is 0.415. The normalized spacial score (nSPS) is 26.2. The lowest BCUT2D eigenvalue weighted by molar-refractivity contribution is 0.205. The molecule has 2 nitrogen and oxygen atoms in total. The van der Waals surface area contributed by atoms with E-state index >= 15 is 0 Å². The van der Waals surface area contributed by atoms with Gasteiger partial charge < -0.3 is 9.73 Å². The summed E-state index contributed by atoms with van der Waals surface area (Å²) >= 11 is 0. The molecule has 0 bridgehead atoms. The van der Waals surface area contributed by atoms with Crippen LogP contribution in [0.5, 0.6) is 0 Å². The molecule has 1 fully saturated rings. The lowest BCUT2D eigenvalue weighted by Crippen LogP contribution is -2.31. The summed E-state index contributed by atoms with van der Waals surface area (Å²) in [7, 11) is 0. The summed E-state index contributed by atoms with van der Waals surface area (Å²) in [5, 5.41) is 3.63. The quantitative estimate of drug-likeness (QED) is 0.840. The highest BCUT2D eigenvalue weighted by atomic mass is 16.3. The van der Waals surface area contributed by atoms with E-state index in [9.17, 15) is 0 Å². The summed E-state index contributed by atoms with van der Waals surface area (Å²) in [6, 6.07) is 4.72. The maximum atomic E-state index is 5.97. The van der Waals surface area contributed by atoms with Crippen molar-refractivity contribution in [1.29, 1.82) is 0 Å². The van der Waals surface area contributed by atoms with Gasteiger partial charge in [0.05, 0.1) is 6.04 Å². The molecule has 18 heavy (non-hydrogen) atoms. The summed E-state index contributed by atoms with van der Waals surface area (Å²) < 4.78 is 5.97. The largest absolute Gasteiger partial charge is 0.464 e. The second kappa shape index (κ2) is 6.42. The molecular weight excluding hydrogens is 222 g/mol. The number of hydrogen-bond acceptors (Lipinski definition) is 2. The van der Waals surface area contributed by atoms with E-state index in [1.54, 1.807) is 0 Å². The first-order valence-electron chi connectivity index (χ1n) is 7.56. The number of nitrogens with one attached hydrogen (secondary N) is 1. The fourth-order valence-corrected chi connectivity index (χ4v) is 3.25. The Morgan fingerprint density at radius 1 is 1.33 bits per heavy atom. The molecule has 1 N–H and O–H groups in total. The van der Waals surface area contributed by atoms with Crippen LogP contribution < -0.4 is 5.32 Å². The topological polar surface area (TPSA) is 25.2 Å². The molecule has 0 saturated heterocycles. The summed E-state index contributed by atoms with van der Waals surface area (Å²) in [6.07, 6.45) is 6.42. The van der Waals surface area contributed by atoms with Gasteiger partial charge in [0.2, 0.25) is 0 Å². The lowest BCUT2D eigenvalue weighted by atomic mass is 9.78. The molecule has 1 aliphatic carbocycles. The number of hydrogen-bond donors (Lipinski definition) is 1. The van der Waals surface area contributed by atoms with Crippen molar-refractivity contribution >= 4 is 0 Å². The second-order valence-corrected chi connectivity index (χ2v) is 5.72. The standard InChI is InChI=1S/C16H27NO/c1-4-14-9-10-15(18-14)16(17-5-2)13-8-6-7-12(3)11-13/h9-10,12-13,16-17H,4-8,11H2,1-3H3. The molecule has 2 rings (SSSR count). The molecule has 102 valence electrons. The van der Waals surface area contributed by atoms with Crippen LogP contribution in [0.3, 0.4) is 0 Å². The van der Waals surface area contributed by atoms with E-state index in [1.165, 1.54) is 25.7 Å². The molecule has 0 spiro atoms. The Balaban J connectivity index is 2.11. The van der Waals surface area contributed by atoms with Crippen molar-refractivity contribution in [2.75, 3.05) is 6.54 Å². The van der Waals surface area contributed by atoms with E-state index in [-0.39, 0.29) is 0 Å². The molecule has 2 heteroatoms. The molecule has 0 amide bonds. The van der Waals surface area contributed by atoms with Crippen molar-refractivity contribution in [3.63, 3.8) is 0 Å². The molecule has 3 atom stereocenters. The average Bonchev–Trinajstić information content (AvgIpc) is 2.84. The third-order valence-electron chi connectivity index (χ3n) is 4.21. The Morgan fingerprint density at radius 3 is 2.78 bits per heavy atom. The highest BCUT2D eigenvalue weighted by Crippen LogP contribution is 2.37. The number of aryl methyl sites for hydroxylation is 1. The van der Waals surface area contributed by atoms with E-state index in [2.05, 4.69) is 38.2 Å². The first-order chi connectivity index (χ1) is 8.74. The van der Waals surface area contributed by atoms with E-state index in [4.69, 9.17) is 4.42 Å². The van der Waals surface area contributed by atoms with E-state index in [1.807, 2.05) is 0 Å². The van der Waals surface area contributed by atoms with E-state index < -0.39 is 0 Å². The molecule has 0 radical (unpaired) electrons. The molecule has 1 aromatic heterocycles. The fraction of sp³-hybridized carbons (Fsp3) is 0.750. The van der Waals surface area contributed by atoms with Crippen molar-refractivity contribution in [2.24, 2.45) is 11.8 Å². The summed E-state index contributed by atoms with van der Waals surface area (Å²) in [5.74, 6) is 3.86. The molecule has 0 aliphatic heterocycles. The zero-order valence-electron chi connectivity index (χ0n) is 12.0. The Morgan fingerprint density at radius 2 is 2.17 bits per heavy atom. The summed E-state index contributed by atoms with van der Waals surface area (Å²) in [6.45, 7) is 7.73. The van der Waals surface area contributed by atoms with Crippen molar-refractivity contribution in [1.82, 2.24) is 5.32 Å². The molecule has 1 aromatic rings. The number of rotatable bonds is 5. The predicted molar refractivity (Wildman–Crippen MR) is 75.6 cm³/mol. The van der Waals surface area contributed by atoms with Crippen LogP contribution >= 0.6 is 0 Å². The SMILES string of the molecule is CCNC(c1ccc(CC)o1)C1CCCC(C)C1. The van der Waals surface area contributed by atoms with Gasteiger partial charge in [-0.3, -0.25) is 0 Å². The van der Waals surface area contributed by atoms with Crippen LogP contribution in [0.25, 0.3) is 0 Å². The molecule has 3 unspecified atom stereocenters. The van der Waals surface area contributed by atoms with Gasteiger partial charge in [0.1, 0.15) is 11.5 Å². The van der Waals surface area contributed by atoms with Crippen LogP contribution in [0, 0.1) is 11.8 Å². The van der Waals surface area contributed by atoms with Gasteiger partial charge in [-0.1, -0.05) is 33.6 Å². The van der Waals surface area contributed by atoms with Crippen molar-refractivity contribution in [3.8, 4) is 0 Å². The van der Waals surface area contributed by atoms with Gasteiger partial charge in [-0.15, -0.1) is 0 Å². The Hall–Kier alpha value is -0.760. The van der Waals surface area contributed by atoms with Crippen molar-refractivity contribution < 1.29 is 4.42 Å². The van der Waals surface area contributed by atoms with Gasteiger partial charge in [0.25, 0.3) is 0 Å². The van der Waals surface area contributed by atoms with Crippen molar-refractivity contribution in [3.05, 3.63) is 23.7 Å². The van der Waals surface area contributed by atoms with Crippen LogP contribution in [-0.2, 0) is 6.42 Å². The average molecular weight is 249 g/mol. The molecule has 1 saturated carbocycles. The van der Waals surface area contributed by atoms with Crippen LogP contribution in [0.2, 0.25) is 0 Å². The lowest BCUT2D eigenvalue weighted by Gasteiger charge is -2.32. The van der Waals surface area contributed by atoms with Crippen molar-refractivity contribution in [2.45, 2.75) is 58.9 Å². The van der Waals surface area contributed by atoms with Gasteiger partial charge in [-0.05, 0) is 43.4 Å². The minimum atomic E-state index is 0.415. The van der Waals surface area contributed by atoms with Crippen LogP contribution in [0.15, 0.2) is 16.5 Å². The van der Waals surface area contributed by atoms with Crippen LogP contribution in [-0.4, -0.2) is 6.54 Å². The maximum Gasteiger partial charge on any atom is 0.121 e. The first-order valence-corrected chi connectivity index (χ1v) is 7.56. The third-order valence-corrected chi connectivity index (χ3v) is 4.21. The van der Waals surface area contributed by atoms with Gasteiger partial charge >= 0.3 is 0 Å². The highest BCUT2D eigenvalue weighted by molar-refractivity contribution is 5.12. The predicted octanol–water partition coefficient (Wildman–Crippen LogP) is 4.32. The Bertz CT molecular complexity index is 358. The van der Waals surface area contributed by atoms with E-state index in [0.717, 1.165) is 36.3 Å². The summed E-state index contributed by atoms with van der Waals surface area (Å²) in [5.41, 5.74) is 0. The van der Waals surface area contributed by atoms with Gasteiger partial charge in [-0.25, -0.2) is 0 Å². The zero-order chi connectivity index (χ0) is 13.0. The smallest absolute Gasteiger partial charge is 0.121 e. The van der Waals surface area contributed by atoms with Crippen LogP contribution in [0.1, 0.15) is 64.0 Å². The fourth-order valence-electron chi connectivity index (χ4n) is 3.25. The van der Waals surface area contributed by atoms with Crippen LogP contribution in [0.4, 0.5) is 0 Å². The van der Waals surface area contributed by atoms with Gasteiger partial charge in [0.15, 0.2) is 0 Å². The Labute approximate surface area is 111 Å². The molecule has 1 aliphatic rings. The molecular formula is C16H27NO. The minimum Gasteiger partial charge on any atom is -0.464 e. The van der Waals surface area contributed by atoms with E-state index in [0.29, 0.717) is 6.04 Å². The zero-order valence-corrected chi connectivity index (χ0v) is 12.0. The maximum absolute atomic E-state index is 5.97. The molecule has 1 heterocycles. The summed E-state index contributed by atoms with van der Waals surface area (Å²) in [4.78, 5) is 0. The monoisotopic (exact) mass is 249 g/mol. The molecule has 0 aromatic carbocycles. The third kappa shape index (κ3) is 3.17. The van der Waals surface area contributed by atoms with Gasteiger partial charge in [-0.2, -0.15) is 0 Å². The highest BCUT2D eigenvalue weighted by Gasteiger charge is 2.29.